The second-order valence-corrected chi connectivity index (χ2v) is 9.01. The second-order valence-electron chi connectivity index (χ2n) is 9.01. The zero-order valence-corrected chi connectivity index (χ0v) is 18.9. The van der Waals surface area contributed by atoms with Gasteiger partial charge in [-0.25, -0.2) is 9.97 Å². The highest BCUT2D eigenvalue weighted by atomic mass is 15.2. The summed E-state index contributed by atoms with van der Waals surface area (Å²) in [5.74, 6) is 2.88. The van der Waals surface area contributed by atoms with E-state index in [4.69, 9.17) is 4.98 Å². The molecule has 0 amide bonds. The average Bonchev–Trinajstić information content (AvgIpc) is 3.37. The van der Waals surface area contributed by atoms with Gasteiger partial charge < -0.3 is 9.13 Å². The summed E-state index contributed by atoms with van der Waals surface area (Å²) in [5, 5.41) is 0. The van der Waals surface area contributed by atoms with Crippen LogP contribution < -0.4 is 0 Å². The number of hydrogen-bond donors (Lipinski definition) is 0. The molecule has 5 rings (SSSR count). The summed E-state index contributed by atoms with van der Waals surface area (Å²) in [7, 11) is 4.24. The van der Waals surface area contributed by atoms with Gasteiger partial charge in [0, 0.05) is 37.6 Å². The van der Waals surface area contributed by atoms with Gasteiger partial charge in [-0.1, -0.05) is 45.9 Å². The summed E-state index contributed by atoms with van der Waals surface area (Å²) in [5.41, 5.74) is 9.84. The van der Waals surface area contributed by atoms with Crippen LogP contribution in [0.5, 0.6) is 0 Å². The number of imidazole rings is 3. The molecule has 30 heavy (non-hydrogen) atoms. The maximum absolute atomic E-state index is 5.20. The van der Waals surface area contributed by atoms with Gasteiger partial charge in [-0.2, -0.15) is 0 Å². The van der Waals surface area contributed by atoms with E-state index in [1.165, 1.54) is 33.3 Å². The Morgan fingerprint density at radius 2 is 1.57 bits per heavy atom. The van der Waals surface area contributed by atoms with Crippen molar-refractivity contribution in [1.82, 2.24) is 23.5 Å². The lowest BCUT2D eigenvalue weighted by molar-refractivity contribution is 0.827. The van der Waals surface area contributed by atoms with E-state index in [9.17, 15) is 0 Å². The van der Waals surface area contributed by atoms with Crippen LogP contribution in [0.3, 0.4) is 0 Å². The van der Waals surface area contributed by atoms with Crippen LogP contribution >= 0.6 is 0 Å². The Kier molecular flexibility index (Phi) is 4.07. The maximum atomic E-state index is 5.20. The molecular formula is C25H29N5. The van der Waals surface area contributed by atoms with Gasteiger partial charge in [0.05, 0.1) is 22.1 Å². The minimum atomic E-state index is 0.434. The molecule has 0 N–H and O–H groups in total. The van der Waals surface area contributed by atoms with Crippen molar-refractivity contribution in [1.29, 1.82) is 0 Å². The van der Waals surface area contributed by atoms with Gasteiger partial charge in [0.15, 0.2) is 0 Å². The van der Waals surface area contributed by atoms with Crippen LogP contribution in [0.4, 0.5) is 0 Å². The molecule has 0 atom stereocenters. The first-order valence-corrected chi connectivity index (χ1v) is 10.7. The lowest BCUT2D eigenvalue weighted by Crippen LogP contribution is -2.04. The molecule has 0 radical (unpaired) electrons. The molecule has 2 aromatic carbocycles. The van der Waals surface area contributed by atoms with Crippen molar-refractivity contribution in [2.75, 3.05) is 0 Å². The van der Waals surface area contributed by atoms with Crippen LogP contribution in [0.2, 0.25) is 0 Å². The fraction of sp³-hybridized carbons (Fsp3) is 0.360. The highest BCUT2D eigenvalue weighted by Crippen LogP contribution is 2.38. The third-order valence-corrected chi connectivity index (χ3v) is 6.46. The molecule has 0 fully saturated rings. The number of fused-ring (bicyclic) bond motifs is 4. The zero-order chi connectivity index (χ0) is 21.3. The molecule has 3 aromatic heterocycles. The van der Waals surface area contributed by atoms with E-state index in [0.717, 1.165) is 22.6 Å². The average molecular weight is 400 g/mol. The topological polar surface area (TPSA) is 40.1 Å². The molecule has 0 aliphatic rings. The monoisotopic (exact) mass is 399 g/mol. The fourth-order valence-corrected chi connectivity index (χ4v) is 5.04. The molecule has 5 heteroatoms. The molecule has 0 unspecified atom stereocenters. The van der Waals surface area contributed by atoms with E-state index in [-0.39, 0.29) is 0 Å². The lowest BCUT2D eigenvalue weighted by Gasteiger charge is -2.19. The molecule has 3 heterocycles. The summed E-state index contributed by atoms with van der Waals surface area (Å²) in [6.07, 6.45) is 3.88. The van der Waals surface area contributed by atoms with Gasteiger partial charge in [0.1, 0.15) is 5.82 Å². The minimum Gasteiger partial charge on any atom is -0.327 e. The van der Waals surface area contributed by atoms with E-state index in [1.54, 1.807) is 0 Å². The molecular weight excluding hydrogens is 370 g/mol. The van der Waals surface area contributed by atoms with Crippen LogP contribution in [0.1, 0.15) is 56.2 Å². The van der Waals surface area contributed by atoms with Crippen molar-refractivity contribution in [2.24, 2.45) is 14.1 Å². The van der Waals surface area contributed by atoms with Crippen molar-refractivity contribution in [3.8, 4) is 11.4 Å². The summed E-state index contributed by atoms with van der Waals surface area (Å²) in [6.45, 7) is 11.3. The van der Waals surface area contributed by atoms with E-state index in [2.05, 4.69) is 91.5 Å². The van der Waals surface area contributed by atoms with E-state index in [0.29, 0.717) is 11.8 Å². The van der Waals surface area contributed by atoms with E-state index < -0.39 is 0 Å². The Morgan fingerprint density at radius 1 is 0.900 bits per heavy atom. The number of aromatic nitrogens is 5. The van der Waals surface area contributed by atoms with Crippen LogP contribution in [-0.2, 0) is 14.1 Å². The van der Waals surface area contributed by atoms with Crippen molar-refractivity contribution in [3.05, 3.63) is 53.3 Å². The summed E-state index contributed by atoms with van der Waals surface area (Å²) >= 11 is 0. The number of benzene rings is 2. The Morgan fingerprint density at radius 3 is 2.20 bits per heavy atom. The van der Waals surface area contributed by atoms with Crippen LogP contribution in [0.15, 0.2) is 36.7 Å². The molecule has 0 spiro atoms. The summed E-state index contributed by atoms with van der Waals surface area (Å²) in [6, 6.07) is 8.91. The smallest absolute Gasteiger partial charge is 0.214 e. The van der Waals surface area contributed by atoms with Crippen LogP contribution in [0, 0.1) is 6.92 Å². The molecule has 154 valence electrons. The predicted molar refractivity (Wildman–Crippen MR) is 124 cm³/mol. The molecule has 5 nitrogen and oxygen atoms in total. The molecule has 0 saturated heterocycles. The van der Waals surface area contributed by atoms with Crippen LogP contribution in [-0.4, -0.2) is 23.5 Å². The first-order valence-electron chi connectivity index (χ1n) is 10.7. The van der Waals surface area contributed by atoms with Gasteiger partial charge in [-0.3, -0.25) is 4.40 Å². The highest BCUT2D eigenvalue weighted by molar-refractivity contribution is 5.99. The standard InChI is InChI=1S/C25H29N5/c1-14(2)17-9-8-10-18(15(3)4)21(17)24-27-19-13-20-23(16(5)22(19)28(24)6)29(7)25-26-11-12-30(20)25/h8-15H,1-7H3. The van der Waals surface area contributed by atoms with Gasteiger partial charge >= 0.3 is 0 Å². The Labute approximate surface area is 177 Å². The Bertz CT molecular complexity index is 1400. The first kappa shape index (κ1) is 18.9. The molecule has 0 saturated carbocycles. The number of hydrogen-bond acceptors (Lipinski definition) is 2. The van der Waals surface area contributed by atoms with E-state index in [1.807, 2.05) is 12.4 Å². The van der Waals surface area contributed by atoms with E-state index >= 15 is 0 Å². The number of aryl methyl sites for hydroxylation is 3. The molecule has 0 aliphatic heterocycles. The first-order chi connectivity index (χ1) is 14.3. The maximum Gasteiger partial charge on any atom is 0.214 e. The normalized spacial score (nSPS) is 12.4. The Hall–Kier alpha value is -3.08. The second kappa shape index (κ2) is 6.46. The minimum absolute atomic E-state index is 0.434. The van der Waals surface area contributed by atoms with Crippen molar-refractivity contribution < 1.29 is 0 Å². The van der Waals surface area contributed by atoms with Gasteiger partial charge in [-0.05, 0) is 36.0 Å². The quantitative estimate of drug-likeness (QED) is 0.377. The summed E-state index contributed by atoms with van der Waals surface area (Å²) in [4.78, 5) is 9.72. The largest absolute Gasteiger partial charge is 0.327 e. The fourth-order valence-electron chi connectivity index (χ4n) is 5.04. The lowest BCUT2D eigenvalue weighted by atomic mass is 9.88. The number of nitrogens with zero attached hydrogens (tertiary/aromatic N) is 5. The molecule has 0 bridgehead atoms. The van der Waals surface area contributed by atoms with Gasteiger partial charge in [0.25, 0.3) is 0 Å². The van der Waals surface area contributed by atoms with Crippen molar-refractivity contribution >= 4 is 27.8 Å². The zero-order valence-electron chi connectivity index (χ0n) is 18.9. The SMILES string of the molecule is Cc1c2c(cc3c1n(C)c1nccn31)nc(-c1c(C(C)C)cccc1C(C)C)n2C. The predicted octanol–water partition coefficient (Wildman–Crippen LogP) is 5.93. The van der Waals surface area contributed by atoms with Gasteiger partial charge in [0.2, 0.25) is 5.78 Å². The molecule has 5 aromatic rings. The molecule has 0 aliphatic carbocycles. The third-order valence-electron chi connectivity index (χ3n) is 6.46. The van der Waals surface area contributed by atoms with Crippen molar-refractivity contribution in [2.45, 2.75) is 46.5 Å². The van der Waals surface area contributed by atoms with Crippen LogP contribution in [0.25, 0.3) is 39.2 Å². The summed E-state index contributed by atoms with van der Waals surface area (Å²) < 4.78 is 6.61. The third kappa shape index (κ3) is 2.41. The Balaban J connectivity index is 1.90. The highest BCUT2D eigenvalue weighted by Gasteiger charge is 2.23. The van der Waals surface area contributed by atoms with Gasteiger partial charge in [-0.15, -0.1) is 0 Å². The van der Waals surface area contributed by atoms with Crippen molar-refractivity contribution in [3.63, 3.8) is 0 Å². The number of rotatable bonds is 3.